The molecule has 1 aromatic carbocycles. The fourth-order valence-electron chi connectivity index (χ4n) is 1.87. The summed E-state index contributed by atoms with van der Waals surface area (Å²) in [4.78, 5) is 0. The summed E-state index contributed by atoms with van der Waals surface area (Å²) in [6.07, 6.45) is 4.47. The van der Waals surface area contributed by atoms with Gasteiger partial charge in [-0.2, -0.15) is 0 Å². The molecule has 0 aromatic heterocycles. The maximum Gasteiger partial charge on any atom is 0.119 e. The summed E-state index contributed by atoms with van der Waals surface area (Å²) in [6.45, 7) is 4.03. The number of nitrogens with one attached hydrogen (secondary N) is 1. The van der Waals surface area contributed by atoms with Gasteiger partial charge < -0.3 is 19.9 Å². The first-order chi connectivity index (χ1) is 9.76. The van der Waals surface area contributed by atoms with Gasteiger partial charge in [0.15, 0.2) is 0 Å². The average Bonchev–Trinajstić information content (AvgIpc) is 2.49. The van der Waals surface area contributed by atoms with E-state index in [0.717, 1.165) is 18.0 Å². The second-order valence-electron chi connectivity index (χ2n) is 4.91. The van der Waals surface area contributed by atoms with Crippen molar-refractivity contribution in [3.05, 3.63) is 24.3 Å². The molecule has 0 saturated carbocycles. The summed E-state index contributed by atoms with van der Waals surface area (Å²) in [5.41, 5.74) is 0. The van der Waals surface area contributed by atoms with Crippen molar-refractivity contribution in [1.29, 1.82) is 0 Å². The Kier molecular flexibility index (Phi) is 8.83. The van der Waals surface area contributed by atoms with Crippen molar-refractivity contribution in [2.45, 2.75) is 38.7 Å². The normalized spacial score (nSPS) is 12.2. The van der Waals surface area contributed by atoms with Gasteiger partial charge >= 0.3 is 0 Å². The minimum atomic E-state index is -0.483. The third kappa shape index (κ3) is 7.36. The number of benzene rings is 1. The molecule has 4 nitrogen and oxygen atoms in total. The van der Waals surface area contributed by atoms with E-state index in [1.807, 2.05) is 24.3 Å². The molecule has 0 saturated heterocycles. The molecule has 20 heavy (non-hydrogen) atoms. The van der Waals surface area contributed by atoms with E-state index in [4.69, 9.17) is 9.47 Å². The van der Waals surface area contributed by atoms with Crippen LogP contribution >= 0.6 is 0 Å². The van der Waals surface area contributed by atoms with Crippen LogP contribution in [0.3, 0.4) is 0 Å². The maximum absolute atomic E-state index is 9.80. The van der Waals surface area contributed by atoms with E-state index in [1.54, 1.807) is 7.11 Å². The van der Waals surface area contributed by atoms with E-state index in [2.05, 4.69) is 12.2 Å². The van der Waals surface area contributed by atoms with Crippen molar-refractivity contribution in [1.82, 2.24) is 5.32 Å². The standard InChI is InChI=1S/C16H27NO3/c1-3-4-5-6-11-17-12-14(18)13-20-16-9-7-15(19-2)8-10-16/h7-10,14,17-18H,3-6,11-13H2,1-2H3. The molecule has 0 aliphatic heterocycles. The third-order valence-corrected chi connectivity index (χ3v) is 3.09. The highest BCUT2D eigenvalue weighted by atomic mass is 16.5. The number of methoxy groups -OCH3 is 1. The van der Waals surface area contributed by atoms with Gasteiger partial charge in [0.25, 0.3) is 0 Å². The number of aliphatic hydroxyl groups excluding tert-OH is 1. The smallest absolute Gasteiger partial charge is 0.119 e. The number of aliphatic hydroxyl groups is 1. The molecule has 0 spiro atoms. The quantitative estimate of drug-likeness (QED) is 0.612. The maximum atomic E-state index is 9.80. The van der Waals surface area contributed by atoms with Gasteiger partial charge in [0.2, 0.25) is 0 Å². The third-order valence-electron chi connectivity index (χ3n) is 3.09. The molecule has 0 heterocycles. The summed E-state index contributed by atoms with van der Waals surface area (Å²) in [6, 6.07) is 7.36. The van der Waals surface area contributed by atoms with Gasteiger partial charge in [-0.05, 0) is 37.2 Å². The second kappa shape index (κ2) is 10.5. The lowest BCUT2D eigenvalue weighted by atomic mass is 10.2. The minimum Gasteiger partial charge on any atom is -0.497 e. The molecule has 0 aliphatic rings. The zero-order chi connectivity index (χ0) is 14.6. The Bertz CT molecular complexity index is 340. The molecule has 1 aromatic rings. The van der Waals surface area contributed by atoms with Gasteiger partial charge in [0.1, 0.15) is 24.2 Å². The number of hydrogen-bond donors (Lipinski definition) is 2. The van der Waals surface area contributed by atoms with Crippen molar-refractivity contribution in [3.63, 3.8) is 0 Å². The van der Waals surface area contributed by atoms with Crippen LogP contribution < -0.4 is 14.8 Å². The molecular formula is C16H27NO3. The largest absolute Gasteiger partial charge is 0.497 e. The van der Waals surface area contributed by atoms with Crippen molar-refractivity contribution in [2.24, 2.45) is 0 Å². The predicted molar refractivity (Wildman–Crippen MR) is 81.5 cm³/mol. The minimum absolute atomic E-state index is 0.300. The van der Waals surface area contributed by atoms with Crippen molar-refractivity contribution in [2.75, 3.05) is 26.8 Å². The van der Waals surface area contributed by atoms with Crippen LogP contribution in [0.1, 0.15) is 32.6 Å². The van der Waals surface area contributed by atoms with Gasteiger partial charge in [-0.3, -0.25) is 0 Å². The SMILES string of the molecule is CCCCCCNCC(O)COc1ccc(OC)cc1. The van der Waals surface area contributed by atoms with Crippen molar-refractivity contribution < 1.29 is 14.6 Å². The van der Waals surface area contributed by atoms with Gasteiger partial charge in [-0.15, -0.1) is 0 Å². The van der Waals surface area contributed by atoms with E-state index in [-0.39, 0.29) is 0 Å². The molecule has 0 radical (unpaired) electrons. The Hall–Kier alpha value is -1.26. The van der Waals surface area contributed by atoms with Crippen LogP contribution in [0.5, 0.6) is 11.5 Å². The van der Waals surface area contributed by atoms with Crippen LogP contribution in [-0.2, 0) is 0 Å². The Labute approximate surface area is 122 Å². The monoisotopic (exact) mass is 281 g/mol. The number of rotatable bonds is 11. The van der Waals surface area contributed by atoms with E-state index in [1.165, 1.54) is 25.7 Å². The van der Waals surface area contributed by atoms with E-state index in [0.29, 0.717) is 13.2 Å². The summed E-state index contributed by atoms with van der Waals surface area (Å²) < 4.78 is 10.6. The second-order valence-corrected chi connectivity index (χ2v) is 4.91. The zero-order valence-corrected chi connectivity index (χ0v) is 12.6. The van der Waals surface area contributed by atoms with E-state index >= 15 is 0 Å². The average molecular weight is 281 g/mol. The highest BCUT2D eigenvalue weighted by Gasteiger charge is 2.04. The lowest BCUT2D eigenvalue weighted by Gasteiger charge is -2.13. The van der Waals surface area contributed by atoms with Crippen molar-refractivity contribution >= 4 is 0 Å². The zero-order valence-electron chi connectivity index (χ0n) is 12.6. The Morgan fingerprint density at radius 3 is 2.45 bits per heavy atom. The fraction of sp³-hybridized carbons (Fsp3) is 0.625. The van der Waals surface area contributed by atoms with Crippen LogP contribution in [0, 0.1) is 0 Å². The molecule has 114 valence electrons. The summed E-state index contributed by atoms with van der Waals surface area (Å²) in [7, 11) is 1.63. The number of hydrogen-bond acceptors (Lipinski definition) is 4. The van der Waals surface area contributed by atoms with Crippen LogP contribution in [-0.4, -0.2) is 38.0 Å². The number of ether oxygens (including phenoxy) is 2. The summed E-state index contributed by atoms with van der Waals surface area (Å²) >= 11 is 0. The first-order valence-corrected chi connectivity index (χ1v) is 7.42. The van der Waals surface area contributed by atoms with Gasteiger partial charge in [-0.1, -0.05) is 26.2 Å². The van der Waals surface area contributed by atoms with Gasteiger partial charge in [-0.25, -0.2) is 0 Å². The first kappa shape index (κ1) is 16.8. The van der Waals surface area contributed by atoms with Gasteiger partial charge in [0, 0.05) is 6.54 Å². The van der Waals surface area contributed by atoms with E-state index in [9.17, 15) is 5.11 Å². The first-order valence-electron chi connectivity index (χ1n) is 7.42. The predicted octanol–water partition coefficient (Wildman–Crippen LogP) is 2.60. The lowest BCUT2D eigenvalue weighted by Crippen LogP contribution is -2.32. The molecule has 0 aliphatic carbocycles. The molecule has 1 rings (SSSR count). The Morgan fingerprint density at radius 2 is 1.80 bits per heavy atom. The highest BCUT2D eigenvalue weighted by Crippen LogP contribution is 2.16. The molecule has 2 N–H and O–H groups in total. The fourth-order valence-corrected chi connectivity index (χ4v) is 1.87. The lowest BCUT2D eigenvalue weighted by molar-refractivity contribution is 0.106. The van der Waals surface area contributed by atoms with Gasteiger partial charge in [0.05, 0.1) is 7.11 Å². The Morgan fingerprint density at radius 1 is 1.10 bits per heavy atom. The summed E-state index contributed by atoms with van der Waals surface area (Å²) in [5.74, 6) is 1.54. The Balaban J connectivity index is 2.08. The van der Waals surface area contributed by atoms with Crippen LogP contribution in [0.2, 0.25) is 0 Å². The summed E-state index contributed by atoms with van der Waals surface area (Å²) in [5, 5.41) is 13.1. The molecule has 4 heteroatoms. The molecule has 0 fully saturated rings. The van der Waals surface area contributed by atoms with Crippen LogP contribution in [0.25, 0.3) is 0 Å². The van der Waals surface area contributed by atoms with Crippen molar-refractivity contribution in [3.8, 4) is 11.5 Å². The molecule has 0 amide bonds. The van der Waals surface area contributed by atoms with Crippen LogP contribution in [0.15, 0.2) is 24.3 Å². The van der Waals surface area contributed by atoms with Crippen LogP contribution in [0.4, 0.5) is 0 Å². The molecule has 1 atom stereocenters. The molecule has 0 bridgehead atoms. The van der Waals surface area contributed by atoms with E-state index < -0.39 is 6.10 Å². The topological polar surface area (TPSA) is 50.7 Å². The molecule has 1 unspecified atom stereocenters. The molecular weight excluding hydrogens is 254 g/mol. The number of unbranched alkanes of at least 4 members (excludes halogenated alkanes) is 3. The highest BCUT2D eigenvalue weighted by molar-refractivity contribution is 5.31.